The molecule has 1 heterocycles. The van der Waals surface area contributed by atoms with E-state index in [0.29, 0.717) is 5.02 Å². The third-order valence-corrected chi connectivity index (χ3v) is 4.05. The normalized spacial score (nSPS) is 12.5. The van der Waals surface area contributed by atoms with Gasteiger partial charge in [0, 0.05) is 22.2 Å². The Morgan fingerprint density at radius 3 is 2.81 bits per heavy atom. The molecule has 0 aliphatic heterocycles. The predicted molar refractivity (Wildman–Crippen MR) is 86.6 cm³/mol. The molecule has 0 amide bonds. The van der Waals surface area contributed by atoms with Crippen molar-refractivity contribution < 1.29 is 5.11 Å². The maximum Gasteiger partial charge on any atom is 0.106 e. The number of aryl methyl sites for hydroxylation is 1. The molecule has 3 heteroatoms. The van der Waals surface area contributed by atoms with Crippen LogP contribution in [0.1, 0.15) is 29.7 Å². The molecule has 0 saturated heterocycles. The van der Waals surface area contributed by atoms with E-state index in [1.165, 1.54) is 5.56 Å². The number of hydrogen-bond donors (Lipinski definition) is 1. The Morgan fingerprint density at radius 1 is 1.14 bits per heavy atom. The van der Waals surface area contributed by atoms with Gasteiger partial charge in [-0.3, -0.25) is 4.98 Å². The summed E-state index contributed by atoms with van der Waals surface area (Å²) >= 11 is 6.21. The Labute approximate surface area is 129 Å². The second kappa shape index (κ2) is 5.84. The van der Waals surface area contributed by atoms with Crippen LogP contribution in [0.15, 0.2) is 54.7 Å². The molecule has 0 aliphatic carbocycles. The average Bonchev–Trinajstić information content (AvgIpc) is 2.55. The molecule has 2 nitrogen and oxygen atoms in total. The van der Waals surface area contributed by atoms with Crippen molar-refractivity contribution in [1.29, 1.82) is 0 Å². The second-order valence-corrected chi connectivity index (χ2v) is 5.44. The number of nitrogens with zero attached hydrogens (tertiary/aromatic N) is 1. The summed E-state index contributed by atoms with van der Waals surface area (Å²) in [6.07, 6.45) is 1.96. The van der Waals surface area contributed by atoms with Gasteiger partial charge in [0.05, 0.1) is 5.52 Å². The minimum absolute atomic E-state index is 0.649. The van der Waals surface area contributed by atoms with Crippen molar-refractivity contribution in [3.63, 3.8) is 0 Å². The molecule has 1 aromatic heterocycles. The Hall–Kier alpha value is -1.90. The van der Waals surface area contributed by atoms with Crippen LogP contribution in [0.5, 0.6) is 0 Å². The van der Waals surface area contributed by atoms with Crippen LogP contribution >= 0.6 is 11.6 Å². The first-order valence-electron chi connectivity index (χ1n) is 7.00. The van der Waals surface area contributed by atoms with Gasteiger partial charge in [0.1, 0.15) is 6.10 Å². The summed E-state index contributed by atoms with van der Waals surface area (Å²) in [5.41, 5.74) is 3.61. The molecule has 0 fully saturated rings. The molecule has 106 valence electrons. The molecule has 0 saturated carbocycles. The second-order valence-electron chi connectivity index (χ2n) is 5.04. The number of aliphatic hydroxyl groups is 1. The van der Waals surface area contributed by atoms with Gasteiger partial charge in [0.25, 0.3) is 0 Å². The van der Waals surface area contributed by atoms with E-state index in [-0.39, 0.29) is 0 Å². The Balaban J connectivity index is 2.13. The minimum atomic E-state index is -0.703. The van der Waals surface area contributed by atoms with Gasteiger partial charge in [-0.2, -0.15) is 0 Å². The Morgan fingerprint density at radius 2 is 2.00 bits per heavy atom. The maximum atomic E-state index is 10.7. The van der Waals surface area contributed by atoms with E-state index in [4.69, 9.17) is 11.6 Å². The fourth-order valence-corrected chi connectivity index (χ4v) is 2.76. The van der Waals surface area contributed by atoms with Crippen LogP contribution in [-0.4, -0.2) is 10.1 Å². The number of halogens is 1. The van der Waals surface area contributed by atoms with E-state index >= 15 is 0 Å². The SMILES string of the molecule is CCc1cccc(C(O)c2ccc(Cl)c3cccnc23)c1. The standard InChI is InChI=1S/C18H16ClNO/c1-2-12-5-3-6-13(11-12)18(21)15-8-9-16(19)14-7-4-10-20-17(14)15/h3-11,18,21H,2H2,1H3. The minimum Gasteiger partial charge on any atom is -0.384 e. The maximum absolute atomic E-state index is 10.7. The molecule has 0 aliphatic rings. The molecule has 0 spiro atoms. The van der Waals surface area contributed by atoms with E-state index in [1.54, 1.807) is 6.20 Å². The van der Waals surface area contributed by atoms with Gasteiger partial charge in [-0.25, -0.2) is 0 Å². The van der Waals surface area contributed by atoms with Crippen molar-refractivity contribution in [2.24, 2.45) is 0 Å². The van der Waals surface area contributed by atoms with Crippen molar-refractivity contribution >= 4 is 22.5 Å². The largest absolute Gasteiger partial charge is 0.384 e. The number of fused-ring (bicyclic) bond motifs is 1. The van der Waals surface area contributed by atoms with Gasteiger partial charge in [-0.05, 0) is 35.7 Å². The van der Waals surface area contributed by atoms with Crippen LogP contribution in [0.3, 0.4) is 0 Å². The molecule has 3 rings (SSSR count). The topological polar surface area (TPSA) is 33.1 Å². The van der Waals surface area contributed by atoms with Crippen LogP contribution in [0.2, 0.25) is 5.02 Å². The van der Waals surface area contributed by atoms with Crippen molar-refractivity contribution in [2.45, 2.75) is 19.4 Å². The van der Waals surface area contributed by atoms with Gasteiger partial charge in [-0.15, -0.1) is 0 Å². The lowest BCUT2D eigenvalue weighted by Gasteiger charge is -2.15. The van der Waals surface area contributed by atoms with E-state index in [9.17, 15) is 5.11 Å². The number of pyridine rings is 1. The monoisotopic (exact) mass is 297 g/mol. The summed E-state index contributed by atoms with van der Waals surface area (Å²) in [6.45, 7) is 2.10. The summed E-state index contributed by atoms with van der Waals surface area (Å²) in [4.78, 5) is 4.39. The number of rotatable bonds is 3. The van der Waals surface area contributed by atoms with Crippen molar-refractivity contribution in [3.8, 4) is 0 Å². The lowest BCUT2D eigenvalue weighted by Crippen LogP contribution is -2.02. The molecule has 1 unspecified atom stereocenters. The molecule has 1 N–H and O–H groups in total. The highest BCUT2D eigenvalue weighted by Gasteiger charge is 2.15. The summed E-state index contributed by atoms with van der Waals surface area (Å²) in [5, 5.41) is 12.2. The van der Waals surface area contributed by atoms with Crippen LogP contribution in [0.4, 0.5) is 0 Å². The molecule has 0 radical (unpaired) electrons. The molecule has 3 aromatic rings. The highest BCUT2D eigenvalue weighted by atomic mass is 35.5. The first-order valence-corrected chi connectivity index (χ1v) is 7.38. The third kappa shape index (κ3) is 2.65. The molecular weight excluding hydrogens is 282 g/mol. The molecule has 21 heavy (non-hydrogen) atoms. The highest BCUT2D eigenvalue weighted by molar-refractivity contribution is 6.35. The zero-order valence-corrected chi connectivity index (χ0v) is 12.5. The van der Waals surface area contributed by atoms with Crippen LogP contribution in [0.25, 0.3) is 10.9 Å². The van der Waals surface area contributed by atoms with Gasteiger partial charge >= 0.3 is 0 Å². The summed E-state index contributed by atoms with van der Waals surface area (Å²) in [5.74, 6) is 0. The van der Waals surface area contributed by atoms with Crippen LogP contribution in [-0.2, 0) is 6.42 Å². The fourth-order valence-electron chi connectivity index (χ4n) is 2.54. The van der Waals surface area contributed by atoms with E-state index in [2.05, 4.69) is 18.0 Å². The van der Waals surface area contributed by atoms with Crippen molar-refractivity contribution in [2.75, 3.05) is 0 Å². The Kier molecular flexibility index (Phi) is 3.91. The van der Waals surface area contributed by atoms with E-state index in [0.717, 1.165) is 28.5 Å². The van der Waals surface area contributed by atoms with E-state index in [1.807, 2.05) is 42.5 Å². The average molecular weight is 298 g/mol. The summed E-state index contributed by atoms with van der Waals surface area (Å²) in [6, 6.07) is 15.4. The lowest BCUT2D eigenvalue weighted by atomic mass is 9.97. The first kappa shape index (κ1) is 14.1. The van der Waals surface area contributed by atoms with Crippen molar-refractivity contribution in [1.82, 2.24) is 4.98 Å². The van der Waals surface area contributed by atoms with Gasteiger partial charge in [0.15, 0.2) is 0 Å². The lowest BCUT2D eigenvalue weighted by molar-refractivity contribution is 0.221. The quantitative estimate of drug-likeness (QED) is 0.770. The van der Waals surface area contributed by atoms with Gasteiger partial charge in [-0.1, -0.05) is 48.9 Å². The van der Waals surface area contributed by atoms with Crippen LogP contribution in [0, 0.1) is 0 Å². The summed E-state index contributed by atoms with van der Waals surface area (Å²) < 4.78 is 0. The number of aromatic nitrogens is 1. The zero-order valence-electron chi connectivity index (χ0n) is 11.8. The molecule has 2 aromatic carbocycles. The predicted octanol–water partition coefficient (Wildman–Crippen LogP) is 4.53. The highest BCUT2D eigenvalue weighted by Crippen LogP contribution is 2.31. The zero-order chi connectivity index (χ0) is 14.8. The number of hydrogen-bond acceptors (Lipinski definition) is 2. The smallest absolute Gasteiger partial charge is 0.106 e. The number of aliphatic hydroxyl groups excluding tert-OH is 1. The van der Waals surface area contributed by atoms with Gasteiger partial charge in [0.2, 0.25) is 0 Å². The number of benzene rings is 2. The third-order valence-electron chi connectivity index (χ3n) is 3.72. The summed E-state index contributed by atoms with van der Waals surface area (Å²) in [7, 11) is 0. The van der Waals surface area contributed by atoms with E-state index < -0.39 is 6.10 Å². The molecule has 0 bridgehead atoms. The first-order chi connectivity index (χ1) is 10.2. The Bertz CT molecular complexity index is 785. The fraction of sp³-hybridized carbons (Fsp3) is 0.167. The molecular formula is C18H16ClNO. The van der Waals surface area contributed by atoms with Crippen molar-refractivity contribution in [3.05, 3.63) is 76.4 Å². The van der Waals surface area contributed by atoms with Gasteiger partial charge < -0.3 is 5.11 Å². The molecule has 1 atom stereocenters. The van der Waals surface area contributed by atoms with Crippen LogP contribution < -0.4 is 0 Å².